The highest BCUT2D eigenvalue weighted by Gasteiger charge is 2.38. The van der Waals surface area contributed by atoms with Gasteiger partial charge in [-0.15, -0.1) is 0 Å². The standard InChI is InChI=1S/C11H19N/c1-10-4-3-7-12(8-10)9-11(2)5-6-11/h1,3-9H2,2H3. The highest BCUT2D eigenvalue weighted by molar-refractivity contribution is 5.02. The Kier molecular flexibility index (Phi) is 1.99. The largest absolute Gasteiger partial charge is 0.299 e. The molecule has 1 aliphatic carbocycles. The molecule has 1 heterocycles. The van der Waals surface area contributed by atoms with E-state index in [0.717, 1.165) is 6.54 Å². The Bertz CT molecular complexity index is 191. The fraction of sp³-hybridized carbons (Fsp3) is 0.818. The van der Waals surface area contributed by atoms with Gasteiger partial charge >= 0.3 is 0 Å². The third-order valence-corrected chi connectivity index (χ3v) is 3.16. The summed E-state index contributed by atoms with van der Waals surface area (Å²) >= 11 is 0. The third-order valence-electron chi connectivity index (χ3n) is 3.16. The Morgan fingerprint density at radius 2 is 2.25 bits per heavy atom. The molecule has 0 aromatic rings. The van der Waals surface area contributed by atoms with Crippen molar-refractivity contribution in [1.29, 1.82) is 0 Å². The molecule has 1 aliphatic heterocycles. The van der Waals surface area contributed by atoms with Crippen molar-refractivity contribution in [2.45, 2.75) is 32.6 Å². The maximum absolute atomic E-state index is 4.07. The molecule has 2 rings (SSSR count). The monoisotopic (exact) mass is 165 g/mol. The Morgan fingerprint density at radius 3 is 2.83 bits per heavy atom. The van der Waals surface area contributed by atoms with Crippen LogP contribution in [0.25, 0.3) is 0 Å². The van der Waals surface area contributed by atoms with E-state index in [1.54, 1.807) is 0 Å². The first-order valence-corrected chi connectivity index (χ1v) is 5.07. The molecule has 1 saturated heterocycles. The van der Waals surface area contributed by atoms with Crippen LogP contribution in [-0.4, -0.2) is 24.5 Å². The first kappa shape index (κ1) is 8.31. The summed E-state index contributed by atoms with van der Waals surface area (Å²) in [4.78, 5) is 2.58. The van der Waals surface area contributed by atoms with Gasteiger partial charge in [0.2, 0.25) is 0 Å². The lowest BCUT2D eigenvalue weighted by Crippen LogP contribution is -2.35. The van der Waals surface area contributed by atoms with Crippen LogP contribution < -0.4 is 0 Å². The molecule has 1 heteroatoms. The minimum atomic E-state index is 0.678. The second-order valence-corrected chi connectivity index (χ2v) is 4.87. The second kappa shape index (κ2) is 2.88. The molecule has 0 aromatic carbocycles. The van der Waals surface area contributed by atoms with Gasteiger partial charge in [0.25, 0.3) is 0 Å². The first-order valence-electron chi connectivity index (χ1n) is 5.07. The average Bonchev–Trinajstić information content (AvgIpc) is 2.67. The van der Waals surface area contributed by atoms with Gasteiger partial charge in [0.05, 0.1) is 0 Å². The average molecular weight is 165 g/mol. The van der Waals surface area contributed by atoms with E-state index in [1.807, 2.05) is 0 Å². The van der Waals surface area contributed by atoms with E-state index in [0.29, 0.717) is 5.41 Å². The van der Waals surface area contributed by atoms with Crippen molar-refractivity contribution in [3.8, 4) is 0 Å². The molecule has 0 bridgehead atoms. The summed E-state index contributed by atoms with van der Waals surface area (Å²) in [6.07, 6.45) is 5.47. The Morgan fingerprint density at radius 1 is 1.50 bits per heavy atom. The SMILES string of the molecule is C=C1CCCN(CC2(C)CC2)C1. The molecular weight excluding hydrogens is 146 g/mol. The summed E-state index contributed by atoms with van der Waals surface area (Å²) in [5.41, 5.74) is 2.11. The van der Waals surface area contributed by atoms with Gasteiger partial charge in [0, 0.05) is 13.1 Å². The van der Waals surface area contributed by atoms with Gasteiger partial charge in [-0.2, -0.15) is 0 Å². The summed E-state index contributed by atoms with van der Waals surface area (Å²) in [6.45, 7) is 10.3. The van der Waals surface area contributed by atoms with Crippen molar-refractivity contribution >= 4 is 0 Å². The number of hydrogen-bond acceptors (Lipinski definition) is 1. The number of piperidine rings is 1. The Hall–Kier alpha value is -0.300. The zero-order valence-electron chi connectivity index (χ0n) is 8.10. The zero-order chi connectivity index (χ0) is 8.60. The van der Waals surface area contributed by atoms with Gasteiger partial charge in [-0.3, -0.25) is 4.90 Å². The van der Waals surface area contributed by atoms with Crippen LogP contribution >= 0.6 is 0 Å². The van der Waals surface area contributed by atoms with Crippen LogP contribution in [0.5, 0.6) is 0 Å². The normalized spacial score (nSPS) is 28.9. The molecule has 12 heavy (non-hydrogen) atoms. The molecule has 1 nitrogen and oxygen atoms in total. The number of likely N-dealkylation sites (tertiary alicyclic amines) is 1. The van der Waals surface area contributed by atoms with Gasteiger partial charge < -0.3 is 0 Å². The highest BCUT2D eigenvalue weighted by atomic mass is 15.1. The van der Waals surface area contributed by atoms with Crippen LogP contribution in [0, 0.1) is 5.41 Å². The van der Waals surface area contributed by atoms with Crippen LogP contribution in [0.3, 0.4) is 0 Å². The smallest absolute Gasteiger partial charge is 0.0190 e. The summed E-state index contributed by atoms with van der Waals surface area (Å²) in [5.74, 6) is 0. The van der Waals surface area contributed by atoms with E-state index < -0.39 is 0 Å². The van der Waals surface area contributed by atoms with Crippen LogP contribution in [0.1, 0.15) is 32.6 Å². The lowest BCUT2D eigenvalue weighted by atomic mass is 10.0. The van der Waals surface area contributed by atoms with Gasteiger partial charge in [0.1, 0.15) is 0 Å². The topological polar surface area (TPSA) is 3.24 Å². The Labute approximate surface area is 75.4 Å². The van der Waals surface area contributed by atoms with Crippen molar-refractivity contribution in [3.05, 3.63) is 12.2 Å². The van der Waals surface area contributed by atoms with Crippen LogP contribution in [0.4, 0.5) is 0 Å². The van der Waals surface area contributed by atoms with E-state index in [2.05, 4.69) is 18.4 Å². The summed E-state index contributed by atoms with van der Waals surface area (Å²) in [5, 5.41) is 0. The van der Waals surface area contributed by atoms with Crippen LogP contribution in [0.2, 0.25) is 0 Å². The maximum atomic E-state index is 4.07. The molecule has 0 unspecified atom stereocenters. The third kappa shape index (κ3) is 1.89. The lowest BCUT2D eigenvalue weighted by molar-refractivity contribution is 0.223. The van der Waals surface area contributed by atoms with E-state index >= 15 is 0 Å². The number of hydrogen-bond donors (Lipinski definition) is 0. The summed E-state index contributed by atoms with van der Waals surface area (Å²) < 4.78 is 0. The van der Waals surface area contributed by atoms with E-state index in [4.69, 9.17) is 0 Å². The van der Waals surface area contributed by atoms with Gasteiger partial charge in [-0.05, 0) is 37.6 Å². The molecule has 2 aliphatic rings. The first-order chi connectivity index (χ1) is 5.68. The molecule has 1 saturated carbocycles. The zero-order valence-corrected chi connectivity index (χ0v) is 8.10. The quantitative estimate of drug-likeness (QED) is 0.568. The maximum Gasteiger partial charge on any atom is 0.0190 e. The minimum absolute atomic E-state index is 0.678. The van der Waals surface area contributed by atoms with Crippen molar-refractivity contribution in [2.75, 3.05) is 19.6 Å². The highest BCUT2D eigenvalue weighted by Crippen LogP contribution is 2.45. The molecule has 0 spiro atoms. The molecule has 0 amide bonds. The van der Waals surface area contributed by atoms with Gasteiger partial charge in [0.15, 0.2) is 0 Å². The van der Waals surface area contributed by atoms with Crippen LogP contribution in [-0.2, 0) is 0 Å². The second-order valence-electron chi connectivity index (χ2n) is 4.87. The summed E-state index contributed by atoms with van der Waals surface area (Å²) in [7, 11) is 0. The van der Waals surface area contributed by atoms with E-state index in [1.165, 1.54) is 44.3 Å². The van der Waals surface area contributed by atoms with Crippen molar-refractivity contribution in [3.63, 3.8) is 0 Å². The fourth-order valence-corrected chi connectivity index (χ4v) is 2.07. The molecule has 0 aromatic heterocycles. The predicted octanol–water partition coefficient (Wildman–Crippen LogP) is 2.44. The predicted molar refractivity (Wildman–Crippen MR) is 52.2 cm³/mol. The summed E-state index contributed by atoms with van der Waals surface area (Å²) in [6, 6.07) is 0. The lowest BCUT2D eigenvalue weighted by Gasteiger charge is -2.30. The fourth-order valence-electron chi connectivity index (χ4n) is 2.07. The minimum Gasteiger partial charge on any atom is -0.299 e. The number of rotatable bonds is 2. The molecule has 0 radical (unpaired) electrons. The van der Waals surface area contributed by atoms with Gasteiger partial charge in [-0.25, -0.2) is 0 Å². The van der Waals surface area contributed by atoms with E-state index in [-0.39, 0.29) is 0 Å². The van der Waals surface area contributed by atoms with Gasteiger partial charge in [-0.1, -0.05) is 19.1 Å². The van der Waals surface area contributed by atoms with Crippen LogP contribution in [0.15, 0.2) is 12.2 Å². The van der Waals surface area contributed by atoms with Crippen molar-refractivity contribution in [1.82, 2.24) is 4.90 Å². The van der Waals surface area contributed by atoms with Crippen molar-refractivity contribution < 1.29 is 0 Å². The molecule has 68 valence electrons. The molecular formula is C11H19N. The molecule has 2 fully saturated rings. The molecule has 0 atom stereocenters. The molecule has 0 N–H and O–H groups in total. The van der Waals surface area contributed by atoms with E-state index in [9.17, 15) is 0 Å². The number of nitrogens with zero attached hydrogens (tertiary/aromatic N) is 1. The van der Waals surface area contributed by atoms with Crippen molar-refractivity contribution in [2.24, 2.45) is 5.41 Å². The Balaban J connectivity index is 1.83.